The molecule has 0 spiro atoms. The minimum Gasteiger partial charge on any atom is -0.493 e. The Bertz CT molecular complexity index is 544. The Morgan fingerprint density at radius 1 is 1.20 bits per heavy atom. The molecule has 1 heterocycles. The first-order chi connectivity index (χ1) is 9.63. The molecule has 0 aliphatic carbocycles. The van der Waals surface area contributed by atoms with Crippen molar-refractivity contribution < 1.29 is 5.11 Å². The van der Waals surface area contributed by atoms with Crippen molar-refractivity contribution >= 4 is 0 Å². The lowest BCUT2D eigenvalue weighted by Crippen LogP contribution is -2.05. The lowest BCUT2D eigenvalue weighted by molar-refractivity contribution is 0.368. The Labute approximate surface area is 121 Å². The number of hydrogen-bond donors (Lipinski definition) is 1. The molecule has 0 aliphatic heterocycles. The molecule has 1 aromatic heterocycles. The van der Waals surface area contributed by atoms with Crippen LogP contribution in [0.4, 0.5) is 0 Å². The Balaban J connectivity index is 2.43. The van der Waals surface area contributed by atoms with Crippen LogP contribution in [0, 0.1) is 5.92 Å². The van der Waals surface area contributed by atoms with Crippen LogP contribution in [-0.4, -0.2) is 14.9 Å². The van der Waals surface area contributed by atoms with Crippen LogP contribution in [0.15, 0.2) is 30.3 Å². The summed E-state index contributed by atoms with van der Waals surface area (Å²) in [6.07, 6.45) is 3.06. The number of aromatic hydroxyl groups is 1. The average molecular weight is 272 g/mol. The third-order valence-corrected chi connectivity index (χ3v) is 3.39. The molecule has 0 saturated heterocycles. The van der Waals surface area contributed by atoms with Crippen molar-refractivity contribution in [3.05, 3.63) is 35.9 Å². The van der Waals surface area contributed by atoms with Gasteiger partial charge in [-0.3, -0.25) is 0 Å². The zero-order chi connectivity index (χ0) is 14.5. The smallest absolute Gasteiger partial charge is 0.213 e. The SMILES string of the molecule is CCCCc1c(-c2ccccc2)nn(CC(C)C)c1O. The van der Waals surface area contributed by atoms with Gasteiger partial charge in [0.1, 0.15) is 0 Å². The lowest BCUT2D eigenvalue weighted by atomic mass is 10.0. The summed E-state index contributed by atoms with van der Waals surface area (Å²) >= 11 is 0. The van der Waals surface area contributed by atoms with Crippen molar-refractivity contribution in [3.63, 3.8) is 0 Å². The first kappa shape index (κ1) is 14.6. The lowest BCUT2D eigenvalue weighted by Gasteiger charge is -2.06. The molecule has 0 radical (unpaired) electrons. The molecule has 2 rings (SSSR count). The second-order valence-corrected chi connectivity index (χ2v) is 5.70. The predicted molar refractivity (Wildman–Crippen MR) is 82.8 cm³/mol. The number of benzene rings is 1. The van der Waals surface area contributed by atoms with E-state index < -0.39 is 0 Å². The van der Waals surface area contributed by atoms with E-state index in [1.54, 1.807) is 4.68 Å². The quantitative estimate of drug-likeness (QED) is 0.853. The van der Waals surface area contributed by atoms with Crippen LogP contribution in [0.25, 0.3) is 11.3 Å². The summed E-state index contributed by atoms with van der Waals surface area (Å²) in [5, 5.41) is 15.1. The molecule has 0 aliphatic rings. The molecule has 2 aromatic rings. The zero-order valence-electron chi connectivity index (χ0n) is 12.6. The van der Waals surface area contributed by atoms with E-state index in [0.717, 1.165) is 42.6 Å². The number of aromatic nitrogens is 2. The van der Waals surface area contributed by atoms with Gasteiger partial charge in [-0.25, -0.2) is 4.68 Å². The Hall–Kier alpha value is -1.77. The summed E-state index contributed by atoms with van der Waals surface area (Å²) in [6.45, 7) is 7.18. The van der Waals surface area contributed by atoms with Gasteiger partial charge >= 0.3 is 0 Å². The molecule has 108 valence electrons. The molecule has 0 unspecified atom stereocenters. The summed E-state index contributed by atoms with van der Waals surface area (Å²) in [5.74, 6) is 0.800. The molecule has 20 heavy (non-hydrogen) atoms. The molecular weight excluding hydrogens is 248 g/mol. The first-order valence-electron chi connectivity index (χ1n) is 7.47. The van der Waals surface area contributed by atoms with E-state index in [0.29, 0.717) is 11.8 Å². The van der Waals surface area contributed by atoms with E-state index in [4.69, 9.17) is 0 Å². The van der Waals surface area contributed by atoms with Crippen LogP contribution in [0.1, 0.15) is 39.2 Å². The fourth-order valence-corrected chi connectivity index (χ4v) is 2.38. The standard InChI is InChI=1S/C17H24N2O/c1-4-5-11-15-16(14-9-7-6-8-10-14)18-19(17(15)20)12-13(2)3/h6-10,13,20H,4-5,11-12H2,1-3H3. The highest BCUT2D eigenvalue weighted by molar-refractivity contribution is 5.65. The van der Waals surface area contributed by atoms with Crippen molar-refractivity contribution in [1.29, 1.82) is 0 Å². The summed E-state index contributed by atoms with van der Waals surface area (Å²) in [5.41, 5.74) is 2.99. The first-order valence-corrected chi connectivity index (χ1v) is 7.47. The minimum absolute atomic E-state index is 0.339. The molecule has 0 bridgehead atoms. The second kappa shape index (κ2) is 6.60. The highest BCUT2D eigenvalue weighted by atomic mass is 16.3. The Kier molecular flexibility index (Phi) is 4.83. The van der Waals surface area contributed by atoms with Gasteiger partial charge in [-0.15, -0.1) is 0 Å². The molecule has 0 saturated carbocycles. The largest absolute Gasteiger partial charge is 0.493 e. The number of rotatable bonds is 6. The van der Waals surface area contributed by atoms with Crippen LogP contribution in [0.3, 0.4) is 0 Å². The maximum absolute atomic E-state index is 10.4. The van der Waals surface area contributed by atoms with Crippen LogP contribution in [0.2, 0.25) is 0 Å². The Morgan fingerprint density at radius 3 is 2.50 bits per heavy atom. The Morgan fingerprint density at radius 2 is 1.90 bits per heavy atom. The highest BCUT2D eigenvalue weighted by Gasteiger charge is 2.18. The van der Waals surface area contributed by atoms with Crippen LogP contribution in [-0.2, 0) is 13.0 Å². The number of hydrogen-bond acceptors (Lipinski definition) is 2. The van der Waals surface area contributed by atoms with Crippen molar-refractivity contribution in [2.45, 2.75) is 46.6 Å². The molecular formula is C17H24N2O. The summed E-state index contributed by atoms with van der Waals surface area (Å²) in [6, 6.07) is 10.1. The van der Waals surface area contributed by atoms with E-state index in [2.05, 4.69) is 38.0 Å². The predicted octanol–water partition coefficient (Wildman–Crippen LogP) is 4.25. The molecule has 3 heteroatoms. The fraction of sp³-hybridized carbons (Fsp3) is 0.471. The minimum atomic E-state index is 0.339. The monoisotopic (exact) mass is 272 g/mol. The van der Waals surface area contributed by atoms with E-state index in [9.17, 15) is 5.11 Å². The van der Waals surface area contributed by atoms with Crippen LogP contribution in [0.5, 0.6) is 5.88 Å². The molecule has 0 fully saturated rings. The van der Waals surface area contributed by atoms with Gasteiger partial charge in [0, 0.05) is 17.7 Å². The van der Waals surface area contributed by atoms with Gasteiger partial charge in [0.25, 0.3) is 0 Å². The van der Waals surface area contributed by atoms with Gasteiger partial charge in [-0.05, 0) is 18.8 Å². The van der Waals surface area contributed by atoms with E-state index in [1.165, 1.54) is 0 Å². The van der Waals surface area contributed by atoms with Crippen LogP contribution >= 0.6 is 0 Å². The summed E-state index contributed by atoms with van der Waals surface area (Å²) in [4.78, 5) is 0. The molecule has 0 amide bonds. The fourth-order valence-electron chi connectivity index (χ4n) is 2.38. The molecule has 0 atom stereocenters. The van der Waals surface area contributed by atoms with Crippen LogP contribution < -0.4 is 0 Å². The van der Waals surface area contributed by atoms with Gasteiger partial charge < -0.3 is 5.11 Å². The normalized spacial score (nSPS) is 11.2. The van der Waals surface area contributed by atoms with Crippen molar-refractivity contribution in [3.8, 4) is 17.1 Å². The molecule has 1 aromatic carbocycles. The second-order valence-electron chi connectivity index (χ2n) is 5.70. The summed E-state index contributed by atoms with van der Waals surface area (Å²) < 4.78 is 1.75. The average Bonchev–Trinajstić information content (AvgIpc) is 2.74. The molecule has 3 nitrogen and oxygen atoms in total. The van der Waals surface area contributed by atoms with Crippen molar-refractivity contribution in [1.82, 2.24) is 9.78 Å². The highest BCUT2D eigenvalue weighted by Crippen LogP contribution is 2.31. The number of nitrogens with zero attached hydrogens (tertiary/aromatic N) is 2. The van der Waals surface area contributed by atoms with Gasteiger partial charge in [-0.2, -0.15) is 5.10 Å². The molecule has 1 N–H and O–H groups in total. The van der Waals surface area contributed by atoms with Gasteiger partial charge in [-0.1, -0.05) is 57.5 Å². The third kappa shape index (κ3) is 3.21. The van der Waals surface area contributed by atoms with Crippen molar-refractivity contribution in [2.75, 3.05) is 0 Å². The van der Waals surface area contributed by atoms with Gasteiger partial charge in [0.05, 0.1) is 5.69 Å². The van der Waals surface area contributed by atoms with Gasteiger partial charge in [0.15, 0.2) is 0 Å². The van der Waals surface area contributed by atoms with E-state index in [-0.39, 0.29) is 0 Å². The summed E-state index contributed by atoms with van der Waals surface area (Å²) in [7, 11) is 0. The van der Waals surface area contributed by atoms with Gasteiger partial charge in [0.2, 0.25) is 5.88 Å². The maximum Gasteiger partial charge on any atom is 0.213 e. The maximum atomic E-state index is 10.4. The number of unbranched alkanes of at least 4 members (excludes halogenated alkanes) is 1. The van der Waals surface area contributed by atoms with Crippen molar-refractivity contribution in [2.24, 2.45) is 5.92 Å². The topological polar surface area (TPSA) is 38.0 Å². The van der Waals surface area contributed by atoms with E-state index in [1.807, 2.05) is 18.2 Å². The van der Waals surface area contributed by atoms with E-state index >= 15 is 0 Å². The third-order valence-electron chi connectivity index (χ3n) is 3.39. The zero-order valence-corrected chi connectivity index (χ0v) is 12.6.